The Balaban J connectivity index is 1.62. The van der Waals surface area contributed by atoms with E-state index in [1.54, 1.807) is 20.8 Å². The van der Waals surface area contributed by atoms with E-state index in [1.165, 1.54) is 12.1 Å². The molecule has 0 amide bonds. The lowest BCUT2D eigenvalue weighted by Gasteiger charge is -2.35. The molecule has 0 fully saturated rings. The van der Waals surface area contributed by atoms with Crippen molar-refractivity contribution in [3.8, 4) is 51.7 Å². The molecule has 0 bridgehead atoms. The Morgan fingerprint density at radius 1 is 0.629 bits per heavy atom. The second-order valence-electron chi connectivity index (χ2n) is 15.8. The lowest BCUT2D eigenvalue weighted by Crippen LogP contribution is -2.35. The molecule has 2 aliphatic rings. The smallest absolute Gasteiger partial charge is 0.361 e. The Hall–Kier alpha value is -5.04. The van der Waals surface area contributed by atoms with E-state index in [4.69, 9.17) is 52.1 Å². The molecule has 5 rings (SSSR count). The zero-order valence-electron chi connectivity index (χ0n) is 38.1. The first-order valence-corrected chi connectivity index (χ1v) is 22.8. The van der Waals surface area contributed by atoms with Crippen LogP contribution in [-0.2, 0) is 20.7 Å². The third-order valence-corrected chi connectivity index (χ3v) is 10.2. The number of hydrogen-bond donors (Lipinski definition) is 0. The SMILES string of the molecule is CCCCOc1cc(OCCCC)c2c(c1)O[C@H](c1cc(OCCCC)c(OCCCC)c(OCCCC)c1)[C@H](OC(=O)c1cc(OC(=O)C(C)C)c3c(c1)OC(OCC)O3)C2. The van der Waals surface area contributed by atoms with Crippen molar-refractivity contribution in [1.82, 2.24) is 0 Å². The van der Waals surface area contributed by atoms with Gasteiger partial charge in [0.15, 0.2) is 29.1 Å². The fraction of sp³-hybridized carbons (Fsp3) is 0.592. The third-order valence-electron chi connectivity index (χ3n) is 10.2. The van der Waals surface area contributed by atoms with Gasteiger partial charge in [0, 0.05) is 29.7 Å². The van der Waals surface area contributed by atoms with Gasteiger partial charge in [-0.3, -0.25) is 4.79 Å². The van der Waals surface area contributed by atoms with Gasteiger partial charge in [-0.1, -0.05) is 80.6 Å². The van der Waals surface area contributed by atoms with Crippen LogP contribution >= 0.6 is 0 Å². The molecule has 3 aromatic rings. The van der Waals surface area contributed by atoms with E-state index in [9.17, 15) is 9.59 Å². The van der Waals surface area contributed by atoms with Crippen LogP contribution in [0.5, 0.6) is 51.7 Å². The lowest BCUT2D eigenvalue weighted by atomic mass is 9.93. The highest BCUT2D eigenvalue weighted by Crippen LogP contribution is 2.49. The molecule has 13 heteroatoms. The Morgan fingerprint density at radius 2 is 1.21 bits per heavy atom. The van der Waals surface area contributed by atoms with E-state index in [0.29, 0.717) is 79.7 Å². The van der Waals surface area contributed by atoms with Crippen molar-refractivity contribution in [3.05, 3.63) is 53.1 Å². The number of hydrogen-bond acceptors (Lipinski definition) is 13. The molecule has 2 aliphatic heterocycles. The standard InChI is InChI=1S/C49H68O13/c1-9-15-20-53-35-29-37(54-21-16-10-2)36-31-43(60-48(51)34-27-41(59-47(50)32(7)8)46-42(28-34)61-49(62-46)52-14-6)44(58-38(36)30-35)33-25-39(55-22-17-11-3)45(57-24-19-13-5)40(26-33)56-23-18-12-4/h25-30,32,43-44,49H,9-24,31H2,1-8H3/t43-,44-,49?/m1/s1. The largest absolute Gasteiger partial charge is 0.493 e. The maximum atomic E-state index is 14.5. The zero-order chi connectivity index (χ0) is 44.4. The summed E-state index contributed by atoms with van der Waals surface area (Å²) in [7, 11) is 0. The van der Waals surface area contributed by atoms with Crippen LogP contribution in [0.15, 0.2) is 36.4 Å². The average molecular weight is 865 g/mol. The van der Waals surface area contributed by atoms with Crippen LogP contribution < -0.4 is 42.6 Å². The van der Waals surface area contributed by atoms with Gasteiger partial charge >= 0.3 is 18.4 Å². The van der Waals surface area contributed by atoms with Gasteiger partial charge in [-0.15, -0.1) is 0 Å². The van der Waals surface area contributed by atoms with Gasteiger partial charge in [-0.2, -0.15) is 0 Å². The van der Waals surface area contributed by atoms with Crippen molar-refractivity contribution in [3.63, 3.8) is 0 Å². The van der Waals surface area contributed by atoms with Crippen LogP contribution in [0.2, 0.25) is 0 Å². The molecule has 3 atom stereocenters. The molecule has 1 unspecified atom stereocenters. The van der Waals surface area contributed by atoms with Crippen LogP contribution in [0.1, 0.15) is 147 Å². The third kappa shape index (κ3) is 13.0. The summed E-state index contributed by atoms with van der Waals surface area (Å²) in [6.45, 7) is 17.5. The first-order valence-electron chi connectivity index (χ1n) is 22.8. The number of fused-ring (bicyclic) bond motifs is 2. The van der Waals surface area contributed by atoms with Gasteiger partial charge in [0.1, 0.15) is 23.4 Å². The van der Waals surface area contributed by atoms with Gasteiger partial charge in [-0.25, -0.2) is 4.79 Å². The van der Waals surface area contributed by atoms with Gasteiger partial charge in [0.05, 0.1) is 51.1 Å². The summed E-state index contributed by atoms with van der Waals surface area (Å²) >= 11 is 0. The summed E-state index contributed by atoms with van der Waals surface area (Å²) < 4.78 is 68.3. The quantitative estimate of drug-likeness (QED) is 0.0409. The molecule has 2 heterocycles. The summed E-state index contributed by atoms with van der Waals surface area (Å²) in [5, 5.41) is 0. The molecular weight excluding hydrogens is 797 g/mol. The van der Waals surface area contributed by atoms with Crippen molar-refractivity contribution in [2.45, 2.75) is 145 Å². The minimum Gasteiger partial charge on any atom is -0.493 e. The number of carbonyl (C=O) groups excluding carboxylic acids is 2. The Morgan fingerprint density at radius 3 is 1.79 bits per heavy atom. The van der Waals surface area contributed by atoms with Crippen molar-refractivity contribution in [2.24, 2.45) is 5.92 Å². The molecule has 0 aliphatic carbocycles. The molecule has 0 aromatic heterocycles. The van der Waals surface area contributed by atoms with Crippen LogP contribution in [0, 0.1) is 5.92 Å². The molecule has 0 saturated carbocycles. The predicted octanol–water partition coefficient (Wildman–Crippen LogP) is 11.1. The van der Waals surface area contributed by atoms with E-state index in [-0.39, 0.29) is 29.2 Å². The Bertz CT molecular complexity index is 1860. The molecule has 0 spiro atoms. The predicted molar refractivity (Wildman–Crippen MR) is 235 cm³/mol. The fourth-order valence-electron chi connectivity index (χ4n) is 6.61. The van der Waals surface area contributed by atoms with Crippen molar-refractivity contribution in [1.29, 1.82) is 0 Å². The first kappa shape index (κ1) is 48.0. The maximum Gasteiger partial charge on any atom is 0.361 e. The summed E-state index contributed by atoms with van der Waals surface area (Å²) in [5.41, 5.74) is 1.48. The number of benzene rings is 3. The van der Waals surface area contributed by atoms with Gasteiger partial charge < -0.3 is 52.1 Å². The Kier molecular flexibility index (Phi) is 19.0. The van der Waals surface area contributed by atoms with Crippen molar-refractivity contribution < 1.29 is 61.7 Å². The maximum absolute atomic E-state index is 14.5. The van der Waals surface area contributed by atoms with E-state index in [1.807, 2.05) is 24.3 Å². The molecule has 62 heavy (non-hydrogen) atoms. The van der Waals surface area contributed by atoms with Crippen molar-refractivity contribution >= 4 is 11.9 Å². The molecule has 13 nitrogen and oxygen atoms in total. The van der Waals surface area contributed by atoms with Gasteiger partial charge in [-0.05, 0) is 63.3 Å². The lowest BCUT2D eigenvalue weighted by molar-refractivity contribution is -0.174. The minimum atomic E-state index is -1.08. The number of esters is 2. The summed E-state index contributed by atoms with van der Waals surface area (Å²) in [5.74, 6) is 2.04. The molecule has 0 N–H and O–H groups in total. The number of unbranched alkanes of at least 4 members (excludes halogenated alkanes) is 5. The average Bonchev–Trinajstić information content (AvgIpc) is 3.67. The van der Waals surface area contributed by atoms with Gasteiger partial charge in [0.25, 0.3) is 0 Å². The molecule has 0 radical (unpaired) electrons. The van der Waals surface area contributed by atoms with E-state index in [0.717, 1.165) is 69.8 Å². The highest BCUT2D eigenvalue weighted by atomic mass is 16.9. The topological polar surface area (TPSA) is 136 Å². The normalized spacial score (nSPS) is 16.3. The fourth-order valence-corrected chi connectivity index (χ4v) is 6.61. The van der Waals surface area contributed by atoms with Crippen LogP contribution in [0.3, 0.4) is 0 Å². The highest BCUT2D eigenvalue weighted by Gasteiger charge is 2.39. The minimum absolute atomic E-state index is 0.0146. The summed E-state index contributed by atoms with van der Waals surface area (Å²) in [6, 6.07) is 10.5. The number of carbonyl (C=O) groups is 2. The summed E-state index contributed by atoms with van der Waals surface area (Å²) in [4.78, 5) is 27.3. The van der Waals surface area contributed by atoms with Crippen molar-refractivity contribution in [2.75, 3.05) is 39.6 Å². The molecule has 3 aromatic carbocycles. The van der Waals surface area contributed by atoms with Crippen LogP contribution in [0.4, 0.5) is 0 Å². The number of rotatable bonds is 27. The highest BCUT2D eigenvalue weighted by molar-refractivity contribution is 5.92. The molecule has 342 valence electrons. The number of ether oxygens (including phenoxy) is 11. The van der Waals surface area contributed by atoms with Crippen LogP contribution in [-0.4, -0.2) is 64.2 Å². The molecular formula is C49H68O13. The Labute approximate surface area is 367 Å². The van der Waals surface area contributed by atoms with E-state index in [2.05, 4.69) is 34.6 Å². The first-order chi connectivity index (χ1) is 30.1. The van der Waals surface area contributed by atoms with E-state index >= 15 is 0 Å². The van der Waals surface area contributed by atoms with E-state index < -0.39 is 36.5 Å². The summed E-state index contributed by atoms with van der Waals surface area (Å²) in [6.07, 6.45) is 7.58. The second kappa shape index (κ2) is 24.6. The second-order valence-corrected chi connectivity index (χ2v) is 15.8. The van der Waals surface area contributed by atoms with Gasteiger partial charge in [0.2, 0.25) is 11.5 Å². The monoisotopic (exact) mass is 864 g/mol. The molecule has 0 saturated heterocycles. The zero-order valence-corrected chi connectivity index (χ0v) is 38.1. The van der Waals surface area contributed by atoms with Crippen LogP contribution in [0.25, 0.3) is 0 Å².